The molecule has 1 aromatic rings. The molecule has 0 fully saturated rings. The highest BCUT2D eigenvalue weighted by molar-refractivity contribution is 5.38. The van der Waals surface area contributed by atoms with Crippen LogP contribution < -0.4 is 4.74 Å². The van der Waals surface area contributed by atoms with Crippen LogP contribution in [-0.2, 0) is 4.74 Å². The summed E-state index contributed by atoms with van der Waals surface area (Å²) in [5.41, 5.74) is 2.44. The maximum atomic E-state index is 5.51. The lowest BCUT2D eigenvalue weighted by atomic mass is 10.0. The number of aryl methyl sites for hydroxylation is 1. The van der Waals surface area contributed by atoms with Gasteiger partial charge in [-0.1, -0.05) is 26.0 Å². The molecule has 2 heteroatoms. The Kier molecular flexibility index (Phi) is 3.96. The fourth-order valence-corrected chi connectivity index (χ4v) is 1.37. The van der Waals surface area contributed by atoms with Crippen LogP contribution in [0, 0.1) is 6.92 Å². The van der Waals surface area contributed by atoms with E-state index in [9.17, 15) is 0 Å². The largest absolute Gasteiger partial charge is 0.467 e. The van der Waals surface area contributed by atoms with E-state index in [-0.39, 0.29) is 0 Å². The molecule has 0 saturated heterocycles. The van der Waals surface area contributed by atoms with Gasteiger partial charge in [-0.15, -0.1) is 0 Å². The second-order valence-corrected chi connectivity index (χ2v) is 3.75. The minimum absolute atomic E-state index is 0.309. The standard InChI is InChI=1S/C12H18O2/c1-9(2)11-6-5-10(3)7-12(11)14-8-13-4/h5-7,9H,8H2,1-4H3. The molecule has 0 spiro atoms. The molecule has 1 aromatic carbocycles. The Balaban J connectivity index is 2.91. The molecule has 2 nitrogen and oxygen atoms in total. The molecule has 0 aliphatic rings. The summed E-state index contributed by atoms with van der Waals surface area (Å²) in [4.78, 5) is 0. The van der Waals surface area contributed by atoms with Gasteiger partial charge in [-0.3, -0.25) is 0 Å². The molecular formula is C12H18O2. The summed E-state index contributed by atoms with van der Waals surface area (Å²) in [6.07, 6.45) is 0. The lowest BCUT2D eigenvalue weighted by molar-refractivity contribution is 0.0502. The lowest BCUT2D eigenvalue weighted by Gasteiger charge is -2.13. The number of rotatable bonds is 4. The first kappa shape index (κ1) is 11.1. The Morgan fingerprint density at radius 3 is 2.57 bits per heavy atom. The van der Waals surface area contributed by atoms with E-state index in [1.165, 1.54) is 11.1 Å². The minimum Gasteiger partial charge on any atom is -0.467 e. The number of hydrogen-bond acceptors (Lipinski definition) is 2. The fraction of sp³-hybridized carbons (Fsp3) is 0.500. The second-order valence-electron chi connectivity index (χ2n) is 3.75. The summed E-state index contributed by atoms with van der Waals surface area (Å²) in [5, 5.41) is 0. The molecule has 78 valence electrons. The maximum absolute atomic E-state index is 5.51. The monoisotopic (exact) mass is 194 g/mol. The Labute approximate surface area is 85.8 Å². The summed E-state index contributed by atoms with van der Waals surface area (Å²) >= 11 is 0. The molecule has 0 N–H and O–H groups in total. The first-order valence-corrected chi connectivity index (χ1v) is 4.87. The van der Waals surface area contributed by atoms with Gasteiger partial charge in [0.2, 0.25) is 0 Å². The number of benzene rings is 1. The van der Waals surface area contributed by atoms with Gasteiger partial charge in [0.25, 0.3) is 0 Å². The van der Waals surface area contributed by atoms with Gasteiger partial charge in [0, 0.05) is 7.11 Å². The van der Waals surface area contributed by atoms with Gasteiger partial charge in [-0.05, 0) is 30.0 Å². The predicted octanol–water partition coefficient (Wildman–Crippen LogP) is 3.10. The van der Waals surface area contributed by atoms with E-state index in [1.54, 1.807) is 7.11 Å². The van der Waals surface area contributed by atoms with Crippen LogP contribution in [0.25, 0.3) is 0 Å². The van der Waals surface area contributed by atoms with Gasteiger partial charge in [0.05, 0.1) is 0 Å². The average molecular weight is 194 g/mol. The van der Waals surface area contributed by atoms with Crippen molar-refractivity contribution in [2.45, 2.75) is 26.7 Å². The Morgan fingerprint density at radius 2 is 2.00 bits per heavy atom. The van der Waals surface area contributed by atoms with E-state index in [4.69, 9.17) is 9.47 Å². The quantitative estimate of drug-likeness (QED) is 0.686. The third-order valence-corrected chi connectivity index (χ3v) is 2.12. The van der Waals surface area contributed by atoms with Crippen LogP contribution in [0.15, 0.2) is 18.2 Å². The first-order chi connectivity index (χ1) is 6.65. The van der Waals surface area contributed by atoms with Crippen molar-refractivity contribution in [1.29, 1.82) is 0 Å². The molecule has 0 bridgehead atoms. The molecule has 0 amide bonds. The van der Waals surface area contributed by atoms with E-state index in [0.29, 0.717) is 12.7 Å². The average Bonchev–Trinajstić information content (AvgIpc) is 2.14. The number of hydrogen-bond donors (Lipinski definition) is 0. The molecular weight excluding hydrogens is 176 g/mol. The van der Waals surface area contributed by atoms with Crippen LogP contribution in [0.3, 0.4) is 0 Å². The van der Waals surface area contributed by atoms with Gasteiger partial charge >= 0.3 is 0 Å². The SMILES string of the molecule is COCOc1cc(C)ccc1C(C)C. The highest BCUT2D eigenvalue weighted by Crippen LogP contribution is 2.27. The van der Waals surface area contributed by atoms with E-state index in [1.807, 2.05) is 6.07 Å². The summed E-state index contributed by atoms with van der Waals surface area (Å²) in [5.74, 6) is 1.41. The number of methoxy groups -OCH3 is 1. The van der Waals surface area contributed by atoms with Crippen LogP contribution in [0.1, 0.15) is 30.9 Å². The van der Waals surface area contributed by atoms with E-state index in [2.05, 4.69) is 32.9 Å². The van der Waals surface area contributed by atoms with Crippen molar-refractivity contribution in [1.82, 2.24) is 0 Å². The summed E-state index contributed by atoms with van der Waals surface area (Å²) in [7, 11) is 1.63. The third-order valence-electron chi connectivity index (χ3n) is 2.12. The fourth-order valence-electron chi connectivity index (χ4n) is 1.37. The smallest absolute Gasteiger partial charge is 0.188 e. The van der Waals surface area contributed by atoms with Gasteiger partial charge in [0.1, 0.15) is 5.75 Å². The number of ether oxygens (including phenoxy) is 2. The lowest BCUT2D eigenvalue weighted by Crippen LogP contribution is -2.02. The Bertz CT molecular complexity index is 292. The zero-order valence-electron chi connectivity index (χ0n) is 9.33. The van der Waals surface area contributed by atoms with Gasteiger partial charge < -0.3 is 9.47 Å². The molecule has 0 atom stereocenters. The van der Waals surface area contributed by atoms with E-state index < -0.39 is 0 Å². The van der Waals surface area contributed by atoms with Crippen molar-refractivity contribution in [3.8, 4) is 5.75 Å². The Morgan fingerprint density at radius 1 is 1.29 bits per heavy atom. The molecule has 0 unspecified atom stereocenters. The minimum atomic E-state index is 0.309. The molecule has 0 aromatic heterocycles. The van der Waals surface area contributed by atoms with Crippen LogP contribution in [-0.4, -0.2) is 13.9 Å². The third kappa shape index (κ3) is 2.74. The molecule has 1 rings (SSSR count). The maximum Gasteiger partial charge on any atom is 0.188 e. The second kappa shape index (κ2) is 5.01. The zero-order chi connectivity index (χ0) is 10.6. The van der Waals surface area contributed by atoms with Gasteiger partial charge in [-0.25, -0.2) is 0 Å². The van der Waals surface area contributed by atoms with Crippen LogP contribution in [0.5, 0.6) is 5.75 Å². The van der Waals surface area contributed by atoms with Crippen LogP contribution >= 0.6 is 0 Å². The molecule has 0 saturated carbocycles. The van der Waals surface area contributed by atoms with E-state index >= 15 is 0 Å². The van der Waals surface area contributed by atoms with Crippen molar-refractivity contribution in [2.75, 3.05) is 13.9 Å². The van der Waals surface area contributed by atoms with Crippen LogP contribution in [0.2, 0.25) is 0 Å². The van der Waals surface area contributed by atoms with E-state index in [0.717, 1.165) is 5.75 Å². The molecule has 0 heterocycles. The summed E-state index contributed by atoms with van der Waals surface area (Å²) in [6, 6.07) is 6.27. The highest BCUT2D eigenvalue weighted by Gasteiger charge is 2.07. The first-order valence-electron chi connectivity index (χ1n) is 4.87. The molecule has 0 radical (unpaired) electrons. The normalized spacial score (nSPS) is 10.6. The van der Waals surface area contributed by atoms with Gasteiger partial charge in [0.15, 0.2) is 6.79 Å². The Hall–Kier alpha value is -1.02. The van der Waals surface area contributed by atoms with Crippen molar-refractivity contribution in [3.05, 3.63) is 29.3 Å². The summed E-state index contributed by atoms with van der Waals surface area (Å²) < 4.78 is 10.4. The van der Waals surface area contributed by atoms with Crippen molar-refractivity contribution >= 4 is 0 Å². The van der Waals surface area contributed by atoms with Crippen molar-refractivity contribution < 1.29 is 9.47 Å². The predicted molar refractivity (Wildman–Crippen MR) is 57.8 cm³/mol. The highest BCUT2D eigenvalue weighted by atomic mass is 16.7. The van der Waals surface area contributed by atoms with Gasteiger partial charge in [-0.2, -0.15) is 0 Å². The molecule has 0 aliphatic heterocycles. The van der Waals surface area contributed by atoms with Crippen molar-refractivity contribution in [2.24, 2.45) is 0 Å². The zero-order valence-corrected chi connectivity index (χ0v) is 9.33. The van der Waals surface area contributed by atoms with Crippen LogP contribution in [0.4, 0.5) is 0 Å². The molecule has 0 aliphatic carbocycles. The topological polar surface area (TPSA) is 18.5 Å². The molecule has 14 heavy (non-hydrogen) atoms. The van der Waals surface area contributed by atoms with Crippen molar-refractivity contribution in [3.63, 3.8) is 0 Å². The summed E-state index contributed by atoms with van der Waals surface area (Å²) in [6.45, 7) is 6.68.